The van der Waals surface area contributed by atoms with E-state index in [0.29, 0.717) is 12.1 Å². The van der Waals surface area contributed by atoms with E-state index in [1.807, 2.05) is 0 Å². The second-order valence-electron chi connectivity index (χ2n) is 2.84. The van der Waals surface area contributed by atoms with Gasteiger partial charge in [0.1, 0.15) is 0 Å². The number of rotatable bonds is 2. The van der Waals surface area contributed by atoms with Gasteiger partial charge in [0.25, 0.3) is 11.5 Å². The number of hydrogen-bond acceptors (Lipinski definition) is 3. The first-order valence-electron chi connectivity index (χ1n) is 3.90. The van der Waals surface area contributed by atoms with Crippen molar-refractivity contribution >= 4 is 23.1 Å². The van der Waals surface area contributed by atoms with E-state index < -0.39 is 39.0 Å². The number of nitrogens with zero attached hydrogens (tertiary/aromatic N) is 1. The van der Waals surface area contributed by atoms with Crippen molar-refractivity contribution in [2.24, 2.45) is 0 Å². The van der Waals surface area contributed by atoms with E-state index in [4.69, 9.17) is 11.6 Å². The Hall–Kier alpha value is -1.70. The quantitative estimate of drug-likeness (QED) is 0.359. The Morgan fingerprint density at radius 2 is 1.88 bits per heavy atom. The Kier molecular flexibility index (Phi) is 3.37. The van der Waals surface area contributed by atoms with Crippen LogP contribution in [0.4, 0.5) is 23.2 Å². The molecule has 0 amide bonds. The van der Waals surface area contributed by atoms with Crippen molar-refractivity contribution in [1.82, 2.24) is 0 Å². The number of benzene rings is 1. The summed E-state index contributed by atoms with van der Waals surface area (Å²) in [5.41, 5.74) is -2.27. The van der Waals surface area contributed by atoms with E-state index >= 15 is 0 Å². The number of hydrogen-bond donors (Lipinski definition) is 0. The molecular formula is C8H2ClF4NO3. The summed E-state index contributed by atoms with van der Waals surface area (Å²) < 4.78 is 49.3. The summed E-state index contributed by atoms with van der Waals surface area (Å²) in [5.74, 6) is -4.21. The molecule has 0 aliphatic heterocycles. The maximum atomic E-state index is 13.2. The topological polar surface area (TPSA) is 60.2 Å². The Balaban J connectivity index is 3.37. The van der Waals surface area contributed by atoms with Crippen LogP contribution in [-0.4, -0.2) is 16.9 Å². The lowest BCUT2D eigenvalue weighted by Crippen LogP contribution is -2.24. The molecule has 1 aromatic rings. The van der Waals surface area contributed by atoms with Crippen LogP contribution in [0.1, 0.15) is 10.4 Å². The van der Waals surface area contributed by atoms with Crippen LogP contribution in [0, 0.1) is 15.9 Å². The highest BCUT2D eigenvalue weighted by Crippen LogP contribution is 2.32. The summed E-state index contributed by atoms with van der Waals surface area (Å²) in [6.45, 7) is 0. The van der Waals surface area contributed by atoms with Crippen LogP contribution in [0.3, 0.4) is 0 Å². The molecule has 0 spiro atoms. The molecule has 17 heavy (non-hydrogen) atoms. The van der Waals surface area contributed by atoms with Gasteiger partial charge >= 0.3 is 6.18 Å². The third-order valence-electron chi connectivity index (χ3n) is 1.76. The van der Waals surface area contributed by atoms with Crippen LogP contribution in [0.15, 0.2) is 12.1 Å². The van der Waals surface area contributed by atoms with Crippen molar-refractivity contribution in [3.8, 4) is 0 Å². The van der Waals surface area contributed by atoms with Crippen molar-refractivity contribution in [2.45, 2.75) is 6.18 Å². The molecule has 0 atom stereocenters. The first-order valence-corrected chi connectivity index (χ1v) is 4.28. The molecule has 0 bridgehead atoms. The lowest BCUT2D eigenvalue weighted by Gasteiger charge is -2.06. The second kappa shape index (κ2) is 4.28. The van der Waals surface area contributed by atoms with Gasteiger partial charge in [0.15, 0.2) is 10.8 Å². The van der Waals surface area contributed by atoms with Crippen LogP contribution in [0.2, 0.25) is 5.02 Å². The van der Waals surface area contributed by atoms with Gasteiger partial charge in [0.05, 0.1) is 10.5 Å². The fraction of sp³-hybridized carbons (Fsp3) is 0.125. The summed E-state index contributed by atoms with van der Waals surface area (Å²) in [6.07, 6.45) is -5.28. The summed E-state index contributed by atoms with van der Waals surface area (Å²) in [5, 5.41) is 9.17. The summed E-state index contributed by atoms with van der Waals surface area (Å²) >= 11 is 5.15. The van der Waals surface area contributed by atoms with Crippen molar-refractivity contribution in [3.05, 3.63) is 38.7 Å². The van der Waals surface area contributed by atoms with Gasteiger partial charge in [-0.1, -0.05) is 11.6 Å². The zero-order valence-electron chi connectivity index (χ0n) is 7.72. The van der Waals surface area contributed by atoms with Gasteiger partial charge in [-0.3, -0.25) is 14.9 Å². The number of Topliss-reactive ketones (excluding diaryl/α,β-unsaturated/α-hetero) is 1. The van der Waals surface area contributed by atoms with Gasteiger partial charge in [-0.15, -0.1) is 0 Å². The van der Waals surface area contributed by atoms with Crippen molar-refractivity contribution in [1.29, 1.82) is 0 Å². The van der Waals surface area contributed by atoms with Gasteiger partial charge < -0.3 is 0 Å². The molecule has 4 nitrogen and oxygen atoms in total. The normalized spacial score (nSPS) is 11.4. The molecule has 0 heterocycles. The smallest absolute Gasteiger partial charge is 0.284 e. The SMILES string of the molecule is O=C(c1ccc([N+](=O)[O-])c(Cl)c1F)C(F)(F)F. The second-order valence-corrected chi connectivity index (χ2v) is 3.22. The van der Waals surface area contributed by atoms with E-state index in [2.05, 4.69) is 0 Å². The minimum absolute atomic E-state index is 0.370. The first kappa shape index (κ1) is 13.4. The van der Waals surface area contributed by atoms with Crippen LogP contribution in [0.25, 0.3) is 0 Å². The number of ketones is 1. The third kappa shape index (κ3) is 2.52. The van der Waals surface area contributed by atoms with E-state index in [-0.39, 0.29) is 0 Å². The molecule has 0 fully saturated rings. The first-order chi connectivity index (χ1) is 7.66. The van der Waals surface area contributed by atoms with Crippen LogP contribution in [0.5, 0.6) is 0 Å². The summed E-state index contributed by atoms with van der Waals surface area (Å²) in [4.78, 5) is 20.0. The minimum Gasteiger partial charge on any atom is -0.284 e. The van der Waals surface area contributed by atoms with Gasteiger partial charge in [-0.2, -0.15) is 13.2 Å². The highest BCUT2D eigenvalue weighted by atomic mass is 35.5. The molecule has 0 unspecified atom stereocenters. The molecule has 0 aromatic heterocycles. The number of alkyl halides is 3. The highest BCUT2D eigenvalue weighted by molar-refractivity contribution is 6.33. The van der Waals surface area contributed by atoms with Crippen LogP contribution < -0.4 is 0 Å². The van der Waals surface area contributed by atoms with E-state index in [1.165, 1.54) is 0 Å². The van der Waals surface area contributed by atoms with Gasteiger partial charge in [0.2, 0.25) is 0 Å². The number of halogens is 5. The molecule has 0 radical (unpaired) electrons. The maximum Gasteiger partial charge on any atom is 0.454 e. The summed E-state index contributed by atoms with van der Waals surface area (Å²) in [6, 6.07) is 0.902. The van der Waals surface area contributed by atoms with E-state index in [0.717, 1.165) is 0 Å². The maximum absolute atomic E-state index is 13.2. The molecule has 9 heteroatoms. The van der Waals surface area contributed by atoms with Crippen molar-refractivity contribution in [2.75, 3.05) is 0 Å². The molecule has 0 saturated carbocycles. The van der Waals surface area contributed by atoms with Gasteiger partial charge in [-0.05, 0) is 6.07 Å². The predicted molar refractivity (Wildman–Crippen MR) is 48.4 cm³/mol. The van der Waals surface area contributed by atoms with Crippen molar-refractivity contribution < 1.29 is 27.3 Å². The molecular weight excluding hydrogens is 270 g/mol. The minimum atomic E-state index is -5.28. The van der Waals surface area contributed by atoms with E-state index in [1.54, 1.807) is 0 Å². The monoisotopic (exact) mass is 271 g/mol. The number of carbonyl (C=O) groups excluding carboxylic acids is 1. The molecule has 0 aliphatic carbocycles. The average molecular weight is 272 g/mol. The Morgan fingerprint density at radius 1 is 1.35 bits per heavy atom. The molecule has 0 saturated heterocycles. The van der Waals surface area contributed by atoms with Crippen LogP contribution in [-0.2, 0) is 0 Å². The average Bonchev–Trinajstić information content (AvgIpc) is 2.19. The number of nitro groups is 1. The molecule has 0 N–H and O–H groups in total. The number of carbonyl (C=O) groups is 1. The Labute approximate surface area is 95.9 Å². The molecule has 0 aliphatic rings. The fourth-order valence-corrected chi connectivity index (χ4v) is 1.24. The Morgan fingerprint density at radius 3 is 2.29 bits per heavy atom. The standard InChI is InChI=1S/C8H2ClF4NO3/c9-5-4(14(16)17)2-1-3(6(5)10)7(15)8(11,12)13/h1-2H. The van der Waals surface area contributed by atoms with E-state index in [9.17, 15) is 32.5 Å². The predicted octanol–water partition coefficient (Wildman–Crippen LogP) is 3.13. The molecule has 92 valence electrons. The fourth-order valence-electron chi connectivity index (χ4n) is 1.01. The lowest BCUT2D eigenvalue weighted by atomic mass is 10.1. The lowest BCUT2D eigenvalue weighted by molar-refractivity contribution is -0.384. The largest absolute Gasteiger partial charge is 0.454 e. The van der Waals surface area contributed by atoms with Gasteiger partial charge in [0, 0.05) is 6.07 Å². The van der Waals surface area contributed by atoms with Crippen molar-refractivity contribution in [3.63, 3.8) is 0 Å². The Bertz CT molecular complexity index is 500. The van der Waals surface area contributed by atoms with Crippen LogP contribution >= 0.6 is 11.6 Å². The molecule has 1 rings (SSSR count). The number of nitro benzene ring substituents is 1. The van der Waals surface area contributed by atoms with Gasteiger partial charge in [-0.25, -0.2) is 4.39 Å². The zero-order chi connectivity index (χ0) is 13.4. The molecule has 1 aromatic carbocycles. The zero-order valence-corrected chi connectivity index (χ0v) is 8.47. The highest BCUT2D eigenvalue weighted by Gasteiger charge is 2.41. The summed E-state index contributed by atoms with van der Waals surface area (Å²) in [7, 11) is 0. The third-order valence-corrected chi connectivity index (χ3v) is 2.12.